The van der Waals surface area contributed by atoms with Crippen LogP contribution in [0.5, 0.6) is 0 Å². The first-order chi connectivity index (χ1) is 9.95. The molecule has 0 radical (unpaired) electrons. The Hall–Kier alpha value is -2.18. The van der Waals surface area contributed by atoms with E-state index in [-0.39, 0.29) is 6.61 Å². The minimum Gasteiger partial charge on any atom is -0.481 e. The lowest BCUT2D eigenvalue weighted by Gasteiger charge is -2.18. The Kier molecular flexibility index (Phi) is 6.58. The van der Waals surface area contributed by atoms with Crippen molar-refractivity contribution in [1.82, 2.24) is 5.32 Å². The Morgan fingerprint density at radius 3 is 2.48 bits per heavy atom. The van der Waals surface area contributed by atoms with Crippen LogP contribution in [0, 0.1) is 11.6 Å². The summed E-state index contributed by atoms with van der Waals surface area (Å²) >= 11 is 0. The number of hydrogen-bond donors (Lipinski definition) is 2. The Bertz CT molecular complexity index is 487. The van der Waals surface area contributed by atoms with E-state index in [1.807, 2.05) is 6.92 Å². The normalized spacial score (nSPS) is 11.8. The molecule has 0 fully saturated rings. The summed E-state index contributed by atoms with van der Waals surface area (Å²) in [5.74, 6) is -3.14. The largest absolute Gasteiger partial charge is 0.481 e. The van der Waals surface area contributed by atoms with Gasteiger partial charge in [0.25, 0.3) is 0 Å². The standard InChI is InChI=1S/C14H17F2NO4/c1-2-3-7-21-14(20)17-11(8-12(18)19)13-9(15)5-4-6-10(13)16/h4-6,11H,2-3,7-8H2,1H3,(H,17,20)(H,18,19). The number of carboxylic acid groups (broad SMARTS) is 1. The van der Waals surface area contributed by atoms with Crippen molar-refractivity contribution in [1.29, 1.82) is 0 Å². The molecule has 1 aromatic rings. The van der Waals surface area contributed by atoms with Gasteiger partial charge in [0.15, 0.2) is 0 Å². The van der Waals surface area contributed by atoms with Crippen LogP contribution in [0.4, 0.5) is 13.6 Å². The predicted molar refractivity (Wildman–Crippen MR) is 70.7 cm³/mol. The summed E-state index contributed by atoms with van der Waals surface area (Å²) in [6.45, 7) is 2.06. The molecule has 0 aromatic heterocycles. The fraction of sp³-hybridized carbons (Fsp3) is 0.429. The van der Waals surface area contributed by atoms with Crippen LogP contribution in [-0.2, 0) is 9.53 Å². The van der Waals surface area contributed by atoms with Gasteiger partial charge in [-0.2, -0.15) is 0 Å². The molecule has 116 valence electrons. The molecule has 0 aliphatic rings. The maximum Gasteiger partial charge on any atom is 0.407 e. The quantitative estimate of drug-likeness (QED) is 0.759. The number of carbonyl (C=O) groups is 2. The molecule has 0 bridgehead atoms. The highest BCUT2D eigenvalue weighted by Crippen LogP contribution is 2.23. The van der Waals surface area contributed by atoms with E-state index in [0.29, 0.717) is 6.42 Å². The molecule has 1 amide bonds. The number of carbonyl (C=O) groups excluding carboxylic acids is 1. The van der Waals surface area contributed by atoms with Crippen LogP contribution in [-0.4, -0.2) is 23.8 Å². The molecule has 1 rings (SSSR count). The van der Waals surface area contributed by atoms with Gasteiger partial charge in [-0.05, 0) is 18.6 Å². The molecular formula is C14H17F2NO4. The second-order valence-corrected chi connectivity index (χ2v) is 4.42. The molecule has 1 aromatic carbocycles. The fourth-order valence-corrected chi connectivity index (χ4v) is 1.74. The van der Waals surface area contributed by atoms with E-state index in [4.69, 9.17) is 9.84 Å². The van der Waals surface area contributed by atoms with Gasteiger partial charge in [0.1, 0.15) is 11.6 Å². The third-order valence-corrected chi connectivity index (χ3v) is 2.75. The number of alkyl carbamates (subject to hydrolysis) is 1. The van der Waals surface area contributed by atoms with Crippen LogP contribution in [0.3, 0.4) is 0 Å². The highest BCUT2D eigenvalue weighted by atomic mass is 19.1. The lowest BCUT2D eigenvalue weighted by Crippen LogP contribution is -2.32. The van der Waals surface area contributed by atoms with Crippen molar-refractivity contribution < 1.29 is 28.2 Å². The van der Waals surface area contributed by atoms with E-state index in [9.17, 15) is 18.4 Å². The van der Waals surface area contributed by atoms with Crippen molar-refractivity contribution in [3.8, 4) is 0 Å². The predicted octanol–water partition coefficient (Wildman–Crippen LogP) is 3.01. The number of unbranched alkanes of at least 4 members (excludes halogenated alkanes) is 1. The molecule has 0 saturated carbocycles. The van der Waals surface area contributed by atoms with E-state index in [0.717, 1.165) is 24.6 Å². The zero-order valence-corrected chi connectivity index (χ0v) is 11.6. The maximum absolute atomic E-state index is 13.7. The number of halogens is 2. The Morgan fingerprint density at radius 2 is 1.95 bits per heavy atom. The van der Waals surface area contributed by atoms with Crippen molar-refractivity contribution in [2.45, 2.75) is 32.2 Å². The first-order valence-corrected chi connectivity index (χ1v) is 6.54. The molecule has 7 heteroatoms. The minimum atomic E-state index is -1.34. The number of ether oxygens (including phenoxy) is 1. The van der Waals surface area contributed by atoms with Gasteiger partial charge in [-0.15, -0.1) is 0 Å². The van der Waals surface area contributed by atoms with Gasteiger partial charge < -0.3 is 15.2 Å². The summed E-state index contributed by atoms with van der Waals surface area (Å²) in [7, 11) is 0. The highest BCUT2D eigenvalue weighted by molar-refractivity contribution is 5.72. The monoisotopic (exact) mass is 301 g/mol. The first-order valence-electron chi connectivity index (χ1n) is 6.54. The van der Waals surface area contributed by atoms with Crippen LogP contribution in [0.1, 0.15) is 37.8 Å². The van der Waals surface area contributed by atoms with E-state index in [1.165, 1.54) is 0 Å². The number of carboxylic acids is 1. The highest BCUT2D eigenvalue weighted by Gasteiger charge is 2.25. The number of benzene rings is 1. The molecule has 21 heavy (non-hydrogen) atoms. The Morgan fingerprint density at radius 1 is 1.33 bits per heavy atom. The van der Waals surface area contributed by atoms with Crippen molar-refractivity contribution in [3.63, 3.8) is 0 Å². The Labute approximate surface area is 120 Å². The molecule has 0 aliphatic carbocycles. The smallest absolute Gasteiger partial charge is 0.407 e. The zero-order chi connectivity index (χ0) is 15.8. The van der Waals surface area contributed by atoms with Gasteiger partial charge in [0.2, 0.25) is 0 Å². The van der Waals surface area contributed by atoms with Crippen molar-refractivity contribution in [2.24, 2.45) is 0 Å². The van der Waals surface area contributed by atoms with Gasteiger partial charge in [0.05, 0.1) is 19.1 Å². The second kappa shape index (κ2) is 8.18. The van der Waals surface area contributed by atoms with Gasteiger partial charge >= 0.3 is 12.1 Å². The molecule has 0 heterocycles. The summed E-state index contributed by atoms with van der Waals surface area (Å²) in [4.78, 5) is 22.3. The van der Waals surface area contributed by atoms with Crippen LogP contribution >= 0.6 is 0 Å². The van der Waals surface area contributed by atoms with Crippen LogP contribution in [0.2, 0.25) is 0 Å². The molecule has 0 aliphatic heterocycles. The van der Waals surface area contributed by atoms with Crippen molar-refractivity contribution >= 4 is 12.1 Å². The van der Waals surface area contributed by atoms with Crippen molar-refractivity contribution in [2.75, 3.05) is 6.61 Å². The third-order valence-electron chi connectivity index (χ3n) is 2.75. The summed E-state index contributed by atoms with van der Waals surface area (Å²) in [5, 5.41) is 11.0. The topological polar surface area (TPSA) is 75.6 Å². The Balaban J connectivity index is 2.86. The minimum absolute atomic E-state index is 0.155. The molecule has 1 atom stereocenters. The molecule has 0 saturated heterocycles. The average molecular weight is 301 g/mol. The molecule has 5 nitrogen and oxygen atoms in total. The summed E-state index contributed by atoms with van der Waals surface area (Å²) in [5.41, 5.74) is -0.493. The van der Waals surface area contributed by atoms with E-state index in [1.54, 1.807) is 0 Å². The van der Waals surface area contributed by atoms with Gasteiger partial charge in [-0.1, -0.05) is 19.4 Å². The fourth-order valence-electron chi connectivity index (χ4n) is 1.74. The number of amides is 1. The first kappa shape index (κ1) is 16.9. The zero-order valence-electron chi connectivity index (χ0n) is 11.6. The van der Waals surface area contributed by atoms with Crippen molar-refractivity contribution in [3.05, 3.63) is 35.4 Å². The number of hydrogen-bond acceptors (Lipinski definition) is 3. The van der Waals surface area contributed by atoms with Crippen LogP contribution in [0.25, 0.3) is 0 Å². The SMILES string of the molecule is CCCCOC(=O)NC(CC(=O)O)c1c(F)cccc1F. The number of nitrogens with one attached hydrogen (secondary N) is 1. The van der Waals surface area contributed by atoms with Crippen LogP contribution < -0.4 is 5.32 Å². The van der Waals surface area contributed by atoms with Crippen LogP contribution in [0.15, 0.2) is 18.2 Å². The number of aliphatic carboxylic acids is 1. The van der Waals surface area contributed by atoms with E-state index >= 15 is 0 Å². The molecule has 0 spiro atoms. The third kappa shape index (κ3) is 5.37. The summed E-state index contributed by atoms with van der Waals surface area (Å²) in [6.07, 6.45) is -0.100. The average Bonchev–Trinajstić information content (AvgIpc) is 2.37. The second-order valence-electron chi connectivity index (χ2n) is 4.42. The molecule has 2 N–H and O–H groups in total. The van der Waals surface area contributed by atoms with Gasteiger partial charge in [0, 0.05) is 5.56 Å². The van der Waals surface area contributed by atoms with Gasteiger partial charge in [-0.3, -0.25) is 4.79 Å². The van der Waals surface area contributed by atoms with E-state index < -0.39 is 41.7 Å². The summed E-state index contributed by atoms with van der Waals surface area (Å²) < 4.78 is 32.2. The molecular weight excluding hydrogens is 284 g/mol. The maximum atomic E-state index is 13.7. The van der Waals surface area contributed by atoms with E-state index in [2.05, 4.69) is 5.32 Å². The lowest BCUT2D eigenvalue weighted by molar-refractivity contribution is -0.137. The summed E-state index contributed by atoms with van der Waals surface area (Å²) in [6, 6.07) is 1.82. The number of rotatable bonds is 7. The molecule has 1 unspecified atom stereocenters. The lowest BCUT2D eigenvalue weighted by atomic mass is 10.0. The van der Waals surface area contributed by atoms with Gasteiger partial charge in [-0.25, -0.2) is 13.6 Å².